The van der Waals surface area contributed by atoms with Crippen molar-refractivity contribution in [2.45, 2.75) is 37.5 Å². The number of amides is 1. The van der Waals surface area contributed by atoms with E-state index in [0.717, 1.165) is 31.2 Å². The number of benzene rings is 2. The van der Waals surface area contributed by atoms with Crippen LogP contribution in [0, 0.1) is 6.92 Å². The number of hydrogen-bond acceptors (Lipinski definition) is 5. The molecule has 0 radical (unpaired) electrons. The number of aryl methyl sites for hydroxylation is 1. The number of anilines is 1. The number of rotatable bonds is 4. The van der Waals surface area contributed by atoms with Crippen molar-refractivity contribution >= 4 is 33.2 Å². The molecule has 0 atom stereocenters. The summed E-state index contributed by atoms with van der Waals surface area (Å²) in [4.78, 5) is 13.1. The Hall–Kier alpha value is -2.29. The maximum absolute atomic E-state index is 13.0. The molecule has 0 bridgehead atoms. The Balaban J connectivity index is 1.59. The number of nitrogens with one attached hydrogen (secondary N) is 1. The van der Waals surface area contributed by atoms with Crippen molar-refractivity contribution in [2.75, 3.05) is 31.6 Å². The van der Waals surface area contributed by atoms with Gasteiger partial charge in [-0.2, -0.15) is 4.31 Å². The van der Waals surface area contributed by atoms with Gasteiger partial charge in [0.05, 0.1) is 23.1 Å². The molecule has 0 saturated carbocycles. The third-order valence-corrected chi connectivity index (χ3v) is 7.65. The maximum atomic E-state index is 13.0. The Kier molecular flexibility index (Phi) is 6.41. The van der Waals surface area contributed by atoms with Crippen LogP contribution in [0.15, 0.2) is 35.2 Å². The van der Waals surface area contributed by atoms with Gasteiger partial charge < -0.3 is 14.8 Å². The van der Waals surface area contributed by atoms with E-state index in [4.69, 9.17) is 21.1 Å². The van der Waals surface area contributed by atoms with E-state index < -0.39 is 15.9 Å². The van der Waals surface area contributed by atoms with Gasteiger partial charge in [-0.3, -0.25) is 4.79 Å². The monoisotopic (exact) mass is 464 g/mol. The van der Waals surface area contributed by atoms with Gasteiger partial charge in [-0.25, -0.2) is 8.42 Å². The first kappa shape index (κ1) is 21.9. The Morgan fingerprint density at radius 3 is 2.55 bits per heavy atom. The molecule has 9 heteroatoms. The number of nitrogens with zero attached hydrogens (tertiary/aromatic N) is 1. The summed E-state index contributed by atoms with van der Waals surface area (Å²) in [6.07, 6.45) is 3.49. The van der Waals surface area contributed by atoms with Gasteiger partial charge in [0.1, 0.15) is 0 Å². The van der Waals surface area contributed by atoms with Crippen LogP contribution in [0.3, 0.4) is 0 Å². The van der Waals surface area contributed by atoms with Crippen LogP contribution in [-0.2, 0) is 10.0 Å². The maximum Gasteiger partial charge on any atom is 0.255 e. The predicted octanol–water partition coefficient (Wildman–Crippen LogP) is 4.24. The fourth-order valence-corrected chi connectivity index (χ4v) is 5.52. The van der Waals surface area contributed by atoms with Crippen LogP contribution in [0.1, 0.15) is 41.6 Å². The minimum Gasteiger partial charge on any atom is -0.489 e. The number of sulfonamides is 1. The second kappa shape index (κ2) is 9.06. The van der Waals surface area contributed by atoms with Gasteiger partial charge in [-0.15, -0.1) is 0 Å². The van der Waals surface area contributed by atoms with Crippen LogP contribution in [-0.4, -0.2) is 44.9 Å². The van der Waals surface area contributed by atoms with Gasteiger partial charge in [0, 0.05) is 30.8 Å². The van der Waals surface area contributed by atoms with Gasteiger partial charge in [-0.05, 0) is 49.6 Å². The lowest BCUT2D eigenvalue weighted by Gasteiger charge is -2.26. The molecule has 1 fully saturated rings. The van der Waals surface area contributed by atoms with Crippen molar-refractivity contribution in [3.8, 4) is 11.5 Å². The number of piperidine rings is 1. The zero-order chi connectivity index (χ0) is 22.0. The van der Waals surface area contributed by atoms with Gasteiger partial charge >= 0.3 is 0 Å². The van der Waals surface area contributed by atoms with Gasteiger partial charge in [-0.1, -0.05) is 24.1 Å². The summed E-state index contributed by atoms with van der Waals surface area (Å²) in [6, 6.07) is 7.91. The average Bonchev–Trinajstić information content (AvgIpc) is 3.01. The first-order valence-electron chi connectivity index (χ1n) is 10.4. The topological polar surface area (TPSA) is 84.9 Å². The molecule has 4 rings (SSSR count). The molecule has 2 aliphatic heterocycles. The number of carbonyl (C=O) groups is 1. The molecular formula is C22H25ClN2O5S. The second-order valence-electron chi connectivity index (χ2n) is 7.73. The summed E-state index contributed by atoms with van der Waals surface area (Å²) in [5.41, 5.74) is 1.50. The van der Waals surface area contributed by atoms with Crippen molar-refractivity contribution in [3.63, 3.8) is 0 Å². The van der Waals surface area contributed by atoms with Crippen LogP contribution in [0.25, 0.3) is 0 Å². The number of fused-ring (bicyclic) bond motifs is 1. The molecule has 7 nitrogen and oxygen atoms in total. The fourth-order valence-electron chi connectivity index (χ4n) is 3.71. The summed E-state index contributed by atoms with van der Waals surface area (Å²) in [5.74, 6) is 0.447. The highest BCUT2D eigenvalue weighted by Gasteiger charge is 2.27. The summed E-state index contributed by atoms with van der Waals surface area (Å²) < 4.78 is 38.8. The van der Waals surface area contributed by atoms with Gasteiger partial charge in [0.25, 0.3) is 5.91 Å². The van der Waals surface area contributed by atoms with Gasteiger partial charge in [0.2, 0.25) is 10.0 Å². The molecule has 166 valence electrons. The summed E-state index contributed by atoms with van der Waals surface area (Å²) >= 11 is 6.30. The molecule has 0 aromatic heterocycles. The lowest BCUT2D eigenvalue weighted by molar-refractivity contribution is 0.102. The number of carbonyl (C=O) groups excluding carboxylic acids is 1. The Morgan fingerprint density at radius 2 is 1.77 bits per heavy atom. The smallest absolute Gasteiger partial charge is 0.255 e. The van der Waals surface area contributed by atoms with Crippen molar-refractivity contribution in [1.29, 1.82) is 0 Å². The van der Waals surface area contributed by atoms with Gasteiger partial charge in [0.15, 0.2) is 11.5 Å². The standard InChI is InChI=1S/C22H25ClN2O5S/c1-15-6-7-17(31(27,28)25-8-3-2-4-9-25)14-19(15)24-22(26)16-12-18(23)21-20(13-16)29-10-5-11-30-21/h6-7,12-14H,2-5,8-11H2,1H3,(H,24,26). The van der Waals surface area contributed by atoms with E-state index in [1.54, 1.807) is 18.2 Å². The van der Waals surface area contributed by atoms with Crippen molar-refractivity contribution < 1.29 is 22.7 Å². The fraction of sp³-hybridized carbons (Fsp3) is 0.409. The molecule has 0 spiro atoms. The van der Waals surface area contributed by atoms with Crippen LogP contribution >= 0.6 is 11.6 Å². The molecule has 2 aliphatic rings. The summed E-state index contributed by atoms with van der Waals surface area (Å²) in [5, 5.41) is 3.11. The molecule has 0 aliphatic carbocycles. The van der Waals surface area contributed by atoms with Crippen LogP contribution in [0.2, 0.25) is 5.02 Å². The minimum absolute atomic E-state index is 0.173. The van der Waals surface area contributed by atoms with Crippen LogP contribution in [0.4, 0.5) is 5.69 Å². The lowest BCUT2D eigenvalue weighted by atomic mass is 10.1. The largest absolute Gasteiger partial charge is 0.489 e. The minimum atomic E-state index is -3.60. The molecule has 0 unspecified atom stereocenters. The van der Waals surface area contributed by atoms with E-state index in [0.29, 0.717) is 54.1 Å². The van der Waals surface area contributed by atoms with E-state index >= 15 is 0 Å². The summed E-state index contributed by atoms with van der Waals surface area (Å²) in [7, 11) is -3.60. The average molecular weight is 465 g/mol. The molecule has 2 heterocycles. The SMILES string of the molecule is Cc1ccc(S(=O)(=O)N2CCCCC2)cc1NC(=O)c1cc(Cl)c2c(c1)OCCCO2. The molecular weight excluding hydrogens is 440 g/mol. The van der Waals surface area contributed by atoms with Crippen molar-refractivity contribution in [3.05, 3.63) is 46.5 Å². The Morgan fingerprint density at radius 1 is 1.03 bits per heavy atom. The van der Waals surface area contributed by atoms with E-state index in [1.807, 2.05) is 6.92 Å². The molecule has 1 amide bonds. The predicted molar refractivity (Wildman–Crippen MR) is 119 cm³/mol. The second-order valence-corrected chi connectivity index (χ2v) is 10.1. The highest BCUT2D eigenvalue weighted by Crippen LogP contribution is 2.38. The highest BCUT2D eigenvalue weighted by atomic mass is 35.5. The lowest BCUT2D eigenvalue weighted by Crippen LogP contribution is -2.35. The first-order chi connectivity index (χ1) is 14.9. The quantitative estimate of drug-likeness (QED) is 0.731. The number of ether oxygens (including phenoxy) is 2. The van der Waals surface area contributed by atoms with E-state index in [-0.39, 0.29) is 4.90 Å². The Bertz CT molecular complexity index is 1100. The normalized spacial score (nSPS) is 17.1. The summed E-state index contributed by atoms with van der Waals surface area (Å²) in [6.45, 7) is 3.83. The Labute approximate surface area is 187 Å². The zero-order valence-electron chi connectivity index (χ0n) is 17.3. The van der Waals surface area contributed by atoms with E-state index in [9.17, 15) is 13.2 Å². The molecule has 1 N–H and O–H groups in total. The number of halogens is 1. The van der Waals surface area contributed by atoms with Crippen LogP contribution < -0.4 is 14.8 Å². The number of hydrogen-bond donors (Lipinski definition) is 1. The highest BCUT2D eigenvalue weighted by molar-refractivity contribution is 7.89. The first-order valence-corrected chi connectivity index (χ1v) is 12.2. The van der Waals surface area contributed by atoms with Crippen LogP contribution in [0.5, 0.6) is 11.5 Å². The molecule has 2 aromatic rings. The molecule has 31 heavy (non-hydrogen) atoms. The third kappa shape index (κ3) is 4.66. The van der Waals surface area contributed by atoms with Crippen molar-refractivity contribution in [1.82, 2.24) is 4.31 Å². The molecule has 1 saturated heterocycles. The zero-order valence-corrected chi connectivity index (χ0v) is 18.9. The van der Waals surface area contributed by atoms with E-state index in [2.05, 4.69) is 5.32 Å². The third-order valence-electron chi connectivity index (χ3n) is 5.47. The van der Waals surface area contributed by atoms with E-state index in [1.165, 1.54) is 16.4 Å². The van der Waals surface area contributed by atoms with Crippen molar-refractivity contribution in [2.24, 2.45) is 0 Å². The molecule has 2 aromatic carbocycles.